The molecule has 0 saturated carbocycles. The molecule has 4 rings (SSSR count). The van der Waals surface area contributed by atoms with Gasteiger partial charge in [0.1, 0.15) is 24.2 Å². The molecule has 1 saturated heterocycles. The van der Waals surface area contributed by atoms with Crippen LogP contribution in [-0.2, 0) is 0 Å². The predicted octanol–water partition coefficient (Wildman–Crippen LogP) is 3.89. The highest BCUT2D eigenvalue weighted by Crippen LogP contribution is 2.38. The predicted molar refractivity (Wildman–Crippen MR) is 117 cm³/mol. The number of hydrogen-bond acceptors (Lipinski definition) is 5. The number of methoxy groups -OCH3 is 2. The van der Waals surface area contributed by atoms with Crippen LogP contribution in [0.3, 0.4) is 0 Å². The minimum atomic E-state index is -0.128. The van der Waals surface area contributed by atoms with E-state index in [2.05, 4.69) is 15.4 Å². The second kappa shape index (κ2) is 9.07. The van der Waals surface area contributed by atoms with Gasteiger partial charge < -0.3 is 19.7 Å². The Bertz CT molecular complexity index is 1020. The summed E-state index contributed by atoms with van der Waals surface area (Å²) < 4.78 is 12.6. The van der Waals surface area contributed by atoms with Crippen molar-refractivity contribution in [2.24, 2.45) is 0 Å². The molecular formula is C23H27N5O3. The molecule has 2 unspecified atom stereocenters. The lowest BCUT2D eigenvalue weighted by atomic mass is 10.0. The Morgan fingerprint density at radius 2 is 1.97 bits per heavy atom. The first-order valence-electron chi connectivity index (χ1n) is 10.3. The lowest BCUT2D eigenvalue weighted by molar-refractivity contribution is 0.189. The number of nitrogens with zero attached hydrogens (tertiary/aromatic N) is 4. The average Bonchev–Trinajstić information content (AvgIpc) is 3.51. The minimum absolute atomic E-state index is 0.0252. The number of rotatable bonds is 6. The first-order valence-corrected chi connectivity index (χ1v) is 10.3. The van der Waals surface area contributed by atoms with Crippen LogP contribution in [0.4, 0.5) is 4.79 Å². The van der Waals surface area contributed by atoms with Gasteiger partial charge in [0, 0.05) is 18.2 Å². The topological polar surface area (TPSA) is 81.5 Å². The molecule has 2 heterocycles. The molecule has 162 valence electrons. The number of nitrogens with one attached hydrogen (secondary N) is 1. The zero-order valence-corrected chi connectivity index (χ0v) is 18.0. The lowest BCUT2D eigenvalue weighted by Crippen LogP contribution is -2.40. The number of urea groups is 1. The number of ether oxygens (including phenoxy) is 2. The normalized spacial score (nSPS) is 16.7. The fourth-order valence-electron chi connectivity index (χ4n) is 4.04. The van der Waals surface area contributed by atoms with E-state index in [4.69, 9.17) is 9.47 Å². The summed E-state index contributed by atoms with van der Waals surface area (Å²) in [6, 6.07) is 13.5. The van der Waals surface area contributed by atoms with E-state index in [0.717, 1.165) is 41.2 Å². The molecule has 8 nitrogen and oxygen atoms in total. The maximum absolute atomic E-state index is 13.1. The van der Waals surface area contributed by atoms with Crippen molar-refractivity contribution in [2.75, 3.05) is 20.8 Å². The summed E-state index contributed by atoms with van der Waals surface area (Å²) >= 11 is 0. The van der Waals surface area contributed by atoms with Crippen LogP contribution >= 0.6 is 0 Å². The van der Waals surface area contributed by atoms with Crippen molar-refractivity contribution in [3.63, 3.8) is 0 Å². The SMILES string of the molecule is COc1ccc(C2CCCN2C(=O)NC(C)c2ccc(-n3cncn3)cc2)c(OC)c1. The summed E-state index contributed by atoms with van der Waals surface area (Å²) in [5.74, 6) is 1.47. The van der Waals surface area contributed by atoms with Gasteiger partial charge in [0.15, 0.2) is 0 Å². The standard InChI is InChI=1S/C23H27N5O3/c1-16(17-6-8-18(9-7-17)28-15-24-14-25-28)26-23(29)27-12-4-5-21(27)20-11-10-19(30-2)13-22(20)31-3/h6-11,13-16,21H,4-5,12H2,1-3H3,(H,26,29). The molecule has 2 atom stereocenters. The highest BCUT2D eigenvalue weighted by Gasteiger charge is 2.32. The number of carbonyl (C=O) groups is 1. The molecule has 0 spiro atoms. The van der Waals surface area contributed by atoms with Crippen LogP contribution in [0.5, 0.6) is 11.5 Å². The van der Waals surface area contributed by atoms with Gasteiger partial charge in [-0.15, -0.1) is 0 Å². The molecule has 31 heavy (non-hydrogen) atoms. The maximum atomic E-state index is 13.1. The second-order valence-corrected chi connectivity index (χ2v) is 7.56. The van der Waals surface area contributed by atoms with Crippen molar-refractivity contribution < 1.29 is 14.3 Å². The van der Waals surface area contributed by atoms with Crippen molar-refractivity contribution in [3.8, 4) is 17.2 Å². The summed E-state index contributed by atoms with van der Waals surface area (Å²) in [7, 11) is 3.27. The third-order valence-corrected chi connectivity index (χ3v) is 5.73. The highest BCUT2D eigenvalue weighted by atomic mass is 16.5. The van der Waals surface area contributed by atoms with Gasteiger partial charge in [-0.25, -0.2) is 14.5 Å². The third kappa shape index (κ3) is 4.33. The Balaban J connectivity index is 1.46. The fourth-order valence-corrected chi connectivity index (χ4v) is 4.04. The molecule has 0 aliphatic carbocycles. The van der Waals surface area contributed by atoms with Gasteiger partial charge >= 0.3 is 6.03 Å². The molecule has 1 N–H and O–H groups in total. The quantitative estimate of drug-likeness (QED) is 0.653. The molecule has 1 fully saturated rings. The zero-order chi connectivity index (χ0) is 21.8. The number of aromatic nitrogens is 3. The van der Waals surface area contributed by atoms with Crippen LogP contribution in [0.2, 0.25) is 0 Å². The molecular weight excluding hydrogens is 394 g/mol. The van der Waals surface area contributed by atoms with E-state index in [0.29, 0.717) is 6.54 Å². The molecule has 3 aromatic rings. The summed E-state index contributed by atoms with van der Waals surface area (Å²) in [4.78, 5) is 19.0. The monoisotopic (exact) mass is 421 g/mol. The van der Waals surface area contributed by atoms with E-state index in [1.807, 2.05) is 54.3 Å². The number of hydrogen-bond donors (Lipinski definition) is 1. The maximum Gasteiger partial charge on any atom is 0.318 e. The van der Waals surface area contributed by atoms with Crippen molar-refractivity contribution in [3.05, 3.63) is 66.2 Å². The lowest BCUT2D eigenvalue weighted by Gasteiger charge is -2.28. The van der Waals surface area contributed by atoms with E-state index < -0.39 is 0 Å². The number of benzene rings is 2. The van der Waals surface area contributed by atoms with E-state index in [1.165, 1.54) is 6.33 Å². The largest absolute Gasteiger partial charge is 0.497 e. The number of likely N-dealkylation sites (tertiary alicyclic amines) is 1. The van der Waals surface area contributed by atoms with E-state index >= 15 is 0 Å². The van der Waals surface area contributed by atoms with Crippen molar-refractivity contribution >= 4 is 6.03 Å². The van der Waals surface area contributed by atoms with Crippen LogP contribution in [0.1, 0.15) is 43.0 Å². The van der Waals surface area contributed by atoms with Gasteiger partial charge in [-0.1, -0.05) is 12.1 Å². The number of carbonyl (C=O) groups excluding carboxylic acids is 1. The second-order valence-electron chi connectivity index (χ2n) is 7.56. The minimum Gasteiger partial charge on any atom is -0.497 e. The van der Waals surface area contributed by atoms with Gasteiger partial charge in [-0.2, -0.15) is 5.10 Å². The van der Waals surface area contributed by atoms with Crippen LogP contribution in [0.25, 0.3) is 5.69 Å². The van der Waals surface area contributed by atoms with E-state index in [1.54, 1.807) is 25.2 Å². The third-order valence-electron chi connectivity index (χ3n) is 5.73. The van der Waals surface area contributed by atoms with Crippen molar-refractivity contribution in [1.29, 1.82) is 0 Å². The Morgan fingerprint density at radius 1 is 1.16 bits per heavy atom. The summed E-state index contributed by atoms with van der Waals surface area (Å²) in [6.45, 7) is 2.70. The van der Waals surface area contributed by atoms with Gasteiger partial charge in [-0.05, 0) is 49.6 Å². The molecule has 0 radical (unpaired) electrons. The Morgan fingerprint density at radius 3 is 2.65 bits per heavy atom. The number of amides is 2. The summed E-state index contributed by atoms with van der Waals surface area (Å²) in [6.07, 6.45) is 5.01. The van der Waals surface area contributed by atoms with Crippen LogP contribution in [0.15, 0.2) is 55.1 Å². The summed E-state index contributed by atoms with van der Waals surface area (Å²) in [5.41, 5.74) is 2.95. The highest BCUT2D eigenvalue weighted by molar-refractivity contribution is 5.76. The van der Waals surface area contributed by atoms with Gasteiger partial charge in [-0.3, -0.25) is 0 Å². The summed E-state index contributed by atoms with van der Waals surface area (Å²) in [5, 5.41) is 7.27. The van der Waals surface area contributed by atoms with Gasteiger partial charge in [0.05, 0.1) is 32.0 Å². The first-order chi connectivity index (χ1) is 15.1. The first kappa shape index (κ1) is 20.7. The Kier molecular flexibility index (Phi) is 6.06. The average molecular weight is 422 g/mol. The van der Waals surface area contributed by atoms with Crippen molar-refractivity contribution in [1.82, 2.24) is 25.0 Å². The van der Waals surface area contributed by atoms with Gasteiger partial charge in [0.25, 0.3) is 0 Å². The molecule has 1 aromatic heterocycles. The molecule has 8 heteroatoms. The Hall–Kier alpha value is -3.55. The smallest absolute Gasteiger partial charge is 0.318 e. The molecule has 1 aliphatic heterocycles. The molecule has 0 bridgehead atoms. The van der Waals surface area contributed by atoms with E-state index in [-0.39, 0.29) is 18.1 Å². The van der Waals surface area contributed by atoms with Crippen LogP contribution in [0, 0.1) is 0 Å². The zero-order valence-electron chi connectivity index (χ0n) is 18.0. The van der Waals surface area contributed by atoms with Crippen LogP contribution in [-0.4, -0.2) is 46.5 Å². The molecule has 1 aliphatic rings. The Labute approximate surface area is 181 Å². The van der Waals surface area contributed by atoms with Crippen molar-refractivity contribution in [2.45, 2.75) is 31.8 Å². The van der Waals surface area contributed by atoms with Crippen LogP contribution < -0.4 is 14.8 Å². The fraction of sp³-hybridized carbons (Fsp3) is 0.348. The molecule has 2 aromatic carbocycles. The molecule has 2 amide bonds. The van der Waals surface area contributed by atoms with E-state index in [9.17, 15) is 4.79 Å². The van der Waals surface area contributed by atoms with Gasteiger partial charge in [0.2, 0.25) is 0 Å².